The number of sulfonamides is 1. The zero-order chi connectivity index (χ0) is 27.1. The van der Waals surface area contributed by atoms with Gasteiger partial charge in [0.1, 0.15) is 5.82 Å². The Labute approximate surface area is 215 Å². The van der Waals surface area contributed by atoms with Gasteiger partial charge >= 0.3 is 6.18 Å². The van der Waals surface area contributed by atoms with Gasteiger partial charge in [0.25, 0.3) is 5.56 Å². The van der Waals surface area contributed by atoms with E-state index in [2.05, 4.69) is 20.5 Å². The van der Waals surface area contributed by atoms with Gasteiger partial charge in [0.2, 0.25) is 10.0 Å². The third-order valence-corrected chi connectivity index (χ3v) is 8.34. The zero-order valence-electron chi connectivity index (χ0n) is 19.7. The summed E-state index contributed by atoms with van der Waals surface area (Å²) in [5.74, 6) is 0.156. The molecule has 1 saturated heterocycles. The van der Waals surface area contributed by atoms with E-state index in [4.69, 9.17) is 0 Å². The molecule has 3 heterocycles. The Hall–Kier alpha value is -3.81. The molecule has 0 aliphatic carbocycles. The van der Waals surface area contributed by atoms with E-state index in [-0.39, 0.29) is 35.8 Å². The van der Waals surface area contributed by atoms with Crippen LogP contribution in [0.1, 0.15) is 12.0 Å². The molecular weight excluding hydrogens is 523 g/mol. The molecule has 2 aromatic heterocycles. The second-order valence-electron chi connectivity index (χ2n) is 8.93. The van der Waals surface area contributed by atoms with E-state index >= 15 is 0 Å². The zero-order valence-corrected chi connectivity index (χ0v) is 20.5. The van der Waals surface area contributed by atoms with Gasteiger partial charge in [0.05, 0.1) is 34.2 Å². The lowest BCUT2D eigenvalue weighted by Gasteiger charge is -2.35. The van der Waals surface area contributed by atoms with Crippen LogP contribution in [0.15, 0.2) is 76.7 Å². The van der Waals surface area contributed by atoms with E-state index in [0.29, 0.717) is 17.0 Å². The summed E-state index contributed by atoms with van der Waals surface area (Å²) in [6, 6.07) is 13.0. The number of alkyl halides is 3. The number of aliphatic hydroxyl groups is 1. The molecule has 13 heteroatoms. The highest BCUT2D eigenvalue weighted by Gasteiger charge is 2.35. The minimum absolute atomic E-state index is 0.0585. The number of nitrogens with one attached hydrogen (secondary N) is 2. The maximum atomic E-state index is 13.2. The van der Waals surface area contributed by atoms with Crippen LogP contribution in [0.3, 0.4) is 0 Å². The molecule has 4 aromatic rings. The summed E-state index contributed by atoms with van der Waals surface area (Å²) in [5.41, 5.74) is 0.349. The molecule has 0 radical (unpaired) electrons. The summed E-state index contributed by atoms with van der Waals surface area (Å²) in [4.78, 5) is 15.7. The van der Waals surface area contributed by atoms with Crippen LogP contribution >= 0.6 is 0 Å². The van der Waals surface area contributed by atoms with Crippen molar-refractivity contribution >= 4 is 26.6 Å². The van der Waals surface area contributed by atoms with E-state index in [0.717, 1.165) is 17.2 Å². The first-order chi connectivity index (χ1) is 18.0. The van der Waals surface area contributed by atoms with Crippen molar-refractivity contribution in [3.05, 3.63) is 82.9 Å². The Morgan fingerprint density at radius 1 is 1.03 bits per heavy atom. The van der Waals surface area contributed by atoms with Crippen molar-refractivity contribution in [1.29, 1.82) is 0 Å². The van der Waals surface area contributed by atoms with Crippen LogP contribution in [0.5, 0.6) is 0 Å². The molecule has 5 rings (SSSR count). The summed E-state index contributed by atoms with van der Waals surface area (Å²) < 4.78 is 65.8. The van der Waals surface area contributed by atoms with Gasteiger partial charge in [-0.15, -0.1) is 0 Å². The number of fused-ring (bicyclic) bond motifs is 1. The number of β-amino-alcohol motifs (C(OH)–C–C–N with tert-alkyl or cyclic N) is 1. The van der Waals surface area contributed by atoms with E-state index < -0.39 is 33.9 Å². The second-order valence-corrected chi connectivity index (χ2v) is 10.9. The molecule has 1 aliphatic heterocycles. The highest BCUT2D eigenvalue weighted by molar-refractivity contribution is 7.89. The van der Waals surface area contributed by atoms with Gasteiger partial charge in [-0.1, -0.05) is 18.2 Å². The lowest BCUT2D eigenvalue weighted by atomic mass is 10.0. The topological polar surface area (TPSA) is 128 Å². The Kier molecular flexibility index (Phi) is 6.67. The molecule has 0 saturated carbocycles. The molecule has 2 aromatic carbocycles. The van der Waals surface area contributed by atoms with Crippen LogP contribution in [-0.4, -0.2) is 58.2 Å². The fourth-order valence-corrected chi connectivity index (χ4v) is 5.84. The first-order valence-corrected chi connectivity index (χ1v) is 13.0. The second kappa shape index (κ2) is 9.82. The van der Waals surface area contributed by atoms with Gasteiger partial charge in [-0.2, -0.15) is 22.6 Å². The van der Waals surface area contributed by atoms with E-state index in [1.165, 1.54) is 28.7 Å². The monoisotopic (exact) mass is 545 g/mol. The average molecular weight is 546 g/mol. The molecule has 1 aliphatic rings. The minimum Gasteiger partial charge on any atom is -0.390 e. The van der Waals surface area contributed by atoms with Crippen molar-refractivity contribution in [2.45, 2.75) is 29.6 Å². The molecule has 198 valence electrons. The number of anilines is 1. The van der Waals surface area contributed by atoms with Gasteiger partial charge in [-0.25, -0.2) is 18.5 Å². The predicted octanol–water partition coefficient (Wildman–Crippen LogP) is 3.24. The van der Waals surface area contributed by atoms with E-state index in [1.54, 1.807) is 30.3 Å². The number of hydrogen-bond donors (Lipinski definition) is 3. The van der Waals surface area contributed by atoms with Crippen molar-refractivity contribution in [1.82, 2.24) is 19.5 Å². The molecule has 0 spiro atoms. The summed E-state index contributed by atoms with van der Waals surface area (Å²) in [6.07, 6.45) is -3.14. The fourth-order valence-electron chi connectivity index (χ4n) is 4.37. The minimum atomic E-state index is -4.50. The lowest BCUT2D eigenvalue weighted by Crippen LogP contribution is -2.51. The predicted molar refractivity (Wildman–Crippen MR) is 134 cm³/mol. The summed E-state index contributed by atoms with van der Waals surface area (Å²) in [7, 11) is -3.90. The standard InChI is InChI=1S/C25H22F3N5O4S/c26-25(27,28)18-4-8-23(29-13-18)31-21-9-10-33(14-22(21)34)38(36,37)19-5-1-15(2-6-19)16-3-7-20-17(11-16)12-30-32-24(20)35/h1-8,11-13,21-22,34H,9-10,14H2,(H,29,31)(H,32,35)/t21-,22+/m1/s1. The van der Waals surface area contributed by atoms with Crippen molar-refractivity contribution in [2.24, 2.45) is 0 Å². The number of halogens is 3. The molecule has 1 fully saturated rings. The Morgan fingerprint density at radius 2 is 1.76 bits per heavy atom. The molecule has 0 bridgehead atoms. The van der Waals surface area contributed by atoms with Crippen LogP contribution in [0, 0.1) is 0 Å². The fraction of sp³-hybridized carbons (Fsp3) is 0.240. The number of aromatic amines is 1. The molecular formula is C25H22F3N5O4S. The van der Waals surface area contributed by atoms with Gasteiger partial charge in [-0.05, 0) is 53.9 Å². The third-order valence-electron chi connectivity index (χ3n) is 6.46. The van der Waals surface area contributed by atoms with Gasteiger partial charge < -0.3 is 10.4 Å². The van der Waals surface area contributed by atoms with Gasteiger partial charge in [0.15, 0.2) is 0 Å². The normalized spacial score (nSPS) is 18.9. The largest absolute Gasteiger partial charge is 0.417 e. The van der Waals surface area contributed by atoms with Crippen LogP contribution in [0.25, 0.3) is 21.9 Å². The quantitative estimate of drug-likeness (QED) is 0.351. The van der Waals surface area contributed by atoms with Gasteiger partial charge in [0, 0.05) is 24.7 Å². The Balaban J connectivity index is 1.27. The molecule has 38 heavy (non-hydrogen) atoms. The van der Waals surface area contributed by atoms with Crippen molar-refractivity contribution in [3.8, 4) is 11.1 Å². The van der Waals surface area contributed by atoms with Crippen LogP contribution in [0.4, 0.5) is 19.0 Å². The molecule has 9 nitrogen and oxygen atoms in total. The van der Waals surface area contributed by atoms with Crippen LogP contribution in [-0.2, 0) is 16.2 Å². The first-order valence-electron chi connectivity index (χ1n) is 11.6. The van der Waals surface area contributed by atoms with Gasteiger partial charge in [-0.3, -0.25) is 4.79 Å². The molecule has 3 N–H and O–H groups in total. The summed E-state index contributed by atoms with van der Waals surface area (Å²) >= 11 is 0. The highest BCUT2D eigenvalue weighted by Crippen LogP contribution is 2.30. The van der Waals surface area contributed by atoms with Crippen LogP contribution < -0.4 is 10.9 Å². The van der Waals surface area contributed by atoms with E-state index in [9.17, 15) is 31.5 Å². The van der Waals surface area contributed by atoms with Crippen molar-refractivity contribution in [3.63, 3.8) is 0 Å². The third kappa shape index (κ3) is 5.12. The maximum Gasteiger partial charge on any atom is 0.417 e. The lowest BCUT2D eigenvalue weighted by molar-refractivity contribution is -0.137. The number of pyridine rings is 1. The average Bonchev–Trinajstić information content (AvgIpc) is 2.89. The molecule has 0 amide bonds. The Morgan fingerprint density at radius 3 is 2.42 bits per heavy atom. The number of hydrogen-bond acceptors (Lipinski definition) is 7. The first kappa shape index (κ1) is 25.8. The number of piperidine rings is 1. The molecule has 2 atom stereocenters. The number of benzene rings is 2. The Bertz CT molecular complexity index is 1620. The maximum absolute atomic E-state index is 13.2. The number of aliphatic hydroxyl groups excluding tert-OH is 1. The van der Waals surface area contributed by atoms with Crippen molar-refractivity contribution < 1.29 is 26.7 Å². The number of aromatic nitrogens is 3. The smallest absolute Gasteiger partial charge is 0.390 e. The SMILES string of the molecule is O=c1[nH]ncc2cc(-c3ccc(S(=O)(=O)N4CC[C@@H](Nc5ccc(C(F)(F)F)cn5)[C@@H](O)C4)cc3)ccc12. The van der Waals surface area contributed by atoms with Crippen molar-refractivity contribution in [2.75, 3.05) is 18.4 Å². The summed E-state index contributed by atoms with van der Waals surface area (Å²) in [6.45, 7) is -0.0831. The highest BCUT2D eigenvalue weighted by atomic mass is 32.2. The van der Waals surface area contributed by atoms with E-state index in [1.807, 2.05) is 0 Å². The number of rotatable bonds is 5. The molecule has 0 unspecified atom stereocenters. The number of H-pyrrole nitrogens is 1. The summed E-state index contributed by atoms with van der Waals surface area (Å²) in [5, 5.41) is 20.8. The number of nitrogens with zero attached hydrogens (tertiary/aromatic N) is 3. The van der Waals surface area contributed by atoms with Crippen LogP contribution in [0.2, 0.25) is 0 Å².